The van der Waals surface area contributed by atoms with Crippen LogP contribution in [0.15, 0.2) is 42.5 Å². The second kappa shape index (κ2) is 12.5. The van der Waals surface area contributed by atoms with Crippen LogP contribution < -0.4 is 14.8 Å². The zero-order chi connectivity index (χ0) is 24.4. The third-order valence-electron chi connectivity index (χ3n) is 4.59. The molecular formula is C23H26F2N2O6. The van der Waals surface area contributed by atoms with Gasteiger partial charge in [-0.3, -0.25) is 14.4 Å². The first kappa shape index (κ1) is 25.8. The van der Waals surface area contributed by atoms with Crippen molar-refractivity contribution in [3.8, 4) is 11.5 Å². The zero-order valence-electron chi connectivity index (χ0n) is 18.6. The Morgan fingerprint density at radius 3 is 2.61 bits per heavy atom. The molecule has 8 nitrogen and oxygen atoms in total. The molecule has 0 bridgehead atoms. The summed E-state index contributed by atoms with van der Waals surface area (Å²) in [5.41, 5.74) is 0.621. The Bertz CT molecular complexity index is 1010. The second-order valence-electron chi connectivity index (χ2n) is 6.70. The molecule has 0 aliphatic carbocycles. The van der Waals surface area contributed by atoms with E-state index in [1.54, 1.807) is 13.0 Å². The summed E-state index contributed by atoms with van der Waals surface area (Å²) in [7, 11) is 2.76. The first-order valence-electron chi connectivity index (χ1n) is 10.0. The minimum Gasteiger partial charge on any atom is -0.493 e. The topological polar surface area (TPSA) is 97.3 Å². The molecule has 2 aromatic carbocycles. The largest absolute Gasteiger partial charge is 0.493 e. The first-order chi connectivity index (χ1) is 15.8. The monoisotopic (exact) mass is 464 g/mol. The van der Waals surface area contributed by atoms with Crippen LogP contribution in [0.3, 0.4) is 0 Å². The van der Waals surface area contributed by atoms with Crippen molar-refractivity contribution in [3.63, 3.8) is 0 Å². The van der Waals surface area contributed by atoms with Gasteiger partial charge in [0.25, 0.3) is 11.8 Å². The molecule has 2 N–H and O–H groups in total. The quantitative estimate of drug-likeness (QED) is 0.496. The van der Waals surface area contributed by atoms with Gasteiger partial charge in [0.1, 0.15) is 13.2 Å². The molecule has 33 heavy (non-hydrogen) atoms. The number of carbonyl (C=O) groups is 2. The molecular weight excluding hydrogens is 438 g/mol. The molecule has 0 atom stereocenters. The van der Waals surface area contributed by atoms with Crippen LogP contribution in [0.5, 0.6) is 11.5 Å². The molecule has 0 saturated carbocycles. The molecule has 2 rings (SSSR count). The highest BCUT2D eigenvalue weighted by Crippen LogP contribution is 2.28. The third kappa shape index (κ3) is 6.99. The number of hydrogen-bond acceptors (Lipinski definition) is 6. The molecule has 0 aliphatic heterocycles. The van der Waals surface area contributed by atoms with Crippen molar-refractivity contribution in [1.82, 2.24) is 10.4 Å². The highest BCUT2D eigenvalue weighted by molar-refractivity contribution is 5.96. The van der Waals surface area contributed by atoms with Crippen molar-refractivity contribution in [2.24, 2.45) is 0 Å². The number of halogens is 2. The maximum atomic E-state index is 14.0. The Hall–Kier alpha value is -3.50. The van der Waals surface area contributed by atoms with E-state index in [0.717, 1.165) is 11.1 Å². The predicted octanol–water partition coefficient (Wildman–Crippen LogP) is 2.57. The number of rotatable bonds is 11. The van der Waals surface area contributed by atoms with Gasteiger partial charge in [-0.2, -0.15) is 0 Å². The molecule has 0 heterocycles. The van der Waals surface area contributed by atoms with E-state index in [1.807, 2.05) is 0 Å². The lowest BCUT2D eigenvalue weighted by Crippen LogP contribution is -2.38. The van der Waals surface area contributed by atoms with E-state index in [9.17, 15) is 18.4 Å². The standard InChI is InChI=1S/C23H26F2N2O6/c1-4-15(17-6-5-7-18(24)22(17)25)14-33-27(2)21(29)13-26-23(30)16-8-9-19(32-11-10-28)20(12-16)31-3/h4-9,12,28H,10-11,13-14H2,1-3H3,(H,26,30)/b15-4-. The summed E-state index contributed by atoms with van der Waals surface area (Å²) in [5, 5.41) is 12.2. The second-order valence-corrected chi connectivity index (χ2v) is 6.70. The van der Waals surface area contributed by atoms with Gasteiger partial charge < -0.3 is 19.9 Å². The van der Waals surface area contributed by atoms with Crippen LogP contribution in [0.2, 0.25) is 0 Å². The number of nitrogens with zero attached hydrogens (tertiary/aromatic N) is 1. The van der Waals surface area contributed by atoms with Crippen LogP contribution in [0, 0.1) is 11.6 Å². The smallest absolute Gasteiger partial charge is 0.265 e. The molecule has 0 unspecified atom stereocenters. The number of allylic oxidation sites excluding steroid dienone is 1. The van der Waals surface area contributed by atoms with Crippen LogP contribution in [-0.4, -0.2) is 62.5 Å². The SMILES string of the molecule is C/C=C(/CON(C)C(=O)CNC(=O)c1ccc(OCCO)c(OC)c1)c1cccc(F)c1F. The summed E-state index contributed by atoms with van der Waals surface area (Å²) >= 11 is 0. The summed E-state index contributed by atoms with van der Waals surface area (Å²) in [6.07, 6.45) is 1.55. The van der Waals surface area contributed by atoms with Crippen LogP contribution in [0.25, 0.3) is 5.57 Å². The van der Waals surface area contributed by atoms with E-state index in [-0.39, 0.29) is 37.5 Å². The Morgan fingerprint density at radius 1 is 1.18 bits per heavy atom. The summed E-state index contributed by atoms with van der Waals surface area (Å²) in [6, 6.07) is 8.25. The number of methoxy groups -OCH3 is 1. The lowest BCUT2D eigenvalue weighted by Gasteiger charge is -2.19. The van der Waals surface area contributed by atoms with Crippen molar-refractivity contribution in [1.29, 1.82) is 0 Å². The molecule has 10 heteroatoms. The summed E-state index contributed by atoms with van der Waals surface area (Å²) in [4.78, 5) is 30.0. The van der Waals surface area contributed by atoms with E-state index in [4.69, 9.17) is 19.4 Å². The fourth-order valence-electron chi connectivity index (χ4n) is 2.76. The van der Waals surface area contributed by atoms with Crippen molar-refractivity contribution in [2.45, 2.75) is 6.92 Å². The van der Waals surface area contributed by atoms with Crippen LogP contribution in [-0.2, 0) is 9.63 Å². The summed E-state index contributed by atoms with van der Waals surface area (Å²) in [5.74, 6) is -2.41. The summed E-state index contributed by atoms with van der Waals surface area (Å²) < 4.78 is 38.0. The molecule has 2 aromatic rings. The van der Waals surface area contributed by atoms with Gasteiger partial charge in [-0.25, -0.2) is 13.8 Å². The van der Waals surface area contributed by atoms with Gasteiger partial charge in [-0.05, 0) is 36.8 Å². The van der Waals surface area contributed by atoms with Crippen molar-refractivity contribution in [2.75, 3.05) is 40.5 Å². The lowest BCUT2D eigenvalue weighted by atomic mass is 10.1. The van der Waals surface area contributed by atoms with E-state index in [2.05, 4.69) is 5.32 Å². The maximum Gasteiger partial charge on any atom is 0.265 e. The van der Waals surface area contributed by atoms with Crippen molar-refractivity contribution >= 4 is 17.4 Å². The van der Waals surface area contributed by atoms with Crippen molar-refractivity contribution in [3.05, 3.63) is 65.2 Å². The zero-order valence-corrected chi connectivity index (χ0v) is 18.6. The van der Waals surface area contributed by atoms with E-state index in [0.29, 0.717) is 17.1 Å². The van der Waals surface area contributed by atoms with Crippen LogP contribution >= 0.6 is 0 Å². The Kier molecular flexibility index (Phi) is 9.77. The number of aliphatic hydroxyl groups excluding tert-OH is 1. The van der Waals surface area contributed by atoms with Crippen LogP contribution in [0.4, 0.5) is 8.78 Å². The number of hydroxylamine groups is 2. The molecule has 2 amide bonds. The minimum atomic E-state index is -1.00. The fourth-order valence-corrected chi connectivity index (χ4v) is 2.76. The number of benzene rings is 2. The molecule has 0 radical (unpaired) electrons. The highest BCUT2D eigenvalue weighted by Gasteiger charge is 2.17. The van der Waals surface area contributed by atoms with E-state index >= 15 is 0 Å². The first-order valence-corrected chi connectivity index (χ1v) is 10.0. The van der Waals surface area contributed by atoms with Gasteiger partial charge in [-0.15, -0.1) is 0 Å². The van der Waals surface area contributed by atoms with E-state index in [1.165, 1.54) is 44.5 Å². The normalized spacial score (nSPS) is 11.2. The summed E-state index contributed by atoms with van der Waals surface area (Å²) in [6.45, 7) is 0.998. The minimum absolute atomic E-state index is 0.0343. The van der Waals surface area contributed by atoms with Gasteiger partial charge in [0, 0.05) is 18.2 Å². The molecule has 0 fully saturated rings. The number of carbonyl (C=O) groups excluding carboxylic acids is 2. The van der Waals surface area contributed by atoms with Gasteiger partial charge in [0.2, 0.25) is 0 Å². The maximum absolute atomic E-state index is 14.0. The number of hydrogen-bond donors (Lipinski definition) is 2. The molecule has 178 valence electrons. The van der Waals surface area contributed by atoms with Crippen LogP contribution in [0.1, 0.15) is 22.8 Å². The van der Waals surface area contributed by atoms with Gasteiger partial charge >= 0.3 is 0 Å². The third-order valence-corrected chi connectivity index (χ3v) is 4.59. The number of ether oxygens (including phenoxy) is 2. The Balaban J connectivity index is 1.92. The molecule has 0 aromatic heterocycles. The number of nitrogens with one attached hydrogen (secondary N) is 1. The molecule has 0 spiro atoms. The van der Waals surface area contributed by atoms with Gasteiger partial charge in [0.05, 0.1) is 20.3 Å². The highest BCUT2D eigenvalue weighted by atomic mass is 19.2. The van der Waals surface area contributed by atoms with Crippen molar-refractivity contribution < 1.29 is 37.8 Å². The number of likely N-dealkylation sites (N-methyl/N-ethyl adjacent to an activating group) is 1. The Morgan fingerprint density at radius 2 is 1.94 bits per heavy atom. The Labute approximate surface area is 190 Å². The number of aliphatic hydroxyl groups is 1. The average molecular weight is 464 g/mol. The predicted molar refractivity (Wildman–Crippen MR) is 117 cm³/mol. The molecule has 0 aliphatic rings. The lowest BCUT2D eigenvalue weighted by molar-refractivity contribution is -0.172. The van der Waals surface area contributed by atoms with E-state index < -0.39 is 23.4 Å². The fraction of sp³-hybridized carbons (Fsp3) is 0.304. The molecule has 0 saturated heterocycles. The average Bonchev–Trinajstić information content (AvgIpc) is 2.83. The van der Waals surface area contributed by atoms with Gasteiger partial charge in [-0.1, -0.05) is 18.2 Å². The number of amides is 2. The van der Waals surface area contributed by atoms with Gasteiger partial charge in [0.15, 0.2) is 23.1 Å².